The lowest BCUT2D eigenvalue weighted by Crippen LogP contribution is -2.39. The van der Waals surface area contributed by atoms with E-state index in [0.717, 1.165) is 31.4 Å². The molecule has 3 aromatic carbocycles. The maximum atomic E-state index is 13.5. The van der Waals surface area contributed by atoms with Gasteiger partial charge in [-0.3, -0.25) is 9.10 Å². The van der Waals surface area contributed by atoms with Gasteiger partial charge in [0.15, 0.2) is 0 Å². The number of aromatic nitrogens is 1. The van der Waals surface area contributed by atoms with Crippen molar-refractivity contribution >= 4 is 55.4 Å². The highest BCUT2D eigenvalue weighted by atomic mass is 79.9. The minimum absolute atomic E-state index is 0.000403. The molecule has 0 unspecified atom stereocenters. The molecule has 4 rings (SSSR count). The first-order valence-corrected chi connectivity index (χ1v) is 14.4. The van der Waals surface area contributed by atoms with Crippen LogP contribution in [-0.2, 0) is 14.8 Å². The number of amides is 1. The van der Waals surface area contributed by atoms with Gasteiger partial charge in [0, 0.05) is 32.1 Å². The number of methoxy groups -OCH3 is 1. The van der Waals surface area contributed by atoms with Crippen molar-refractivity contribution in [3.05, 3.63) is 105 Å². The Labute approximate surface area is 241 Å². The second kappa shape index (κ2) is 12.1. The highest BCUT2D eigenvalue weighted by Gasteiger charge is 2.27. The smallest absolute Gasteiger partial charge is 0.264 e. The average molecular weight is 630 g/mol. The van der Waals surface area contributed by atoms with E-state index in [0.29, 0.717) is 10.8 Å². The number of nitrogens with one attached hydrogen (secondary N) is 1. The average Bonchev–Trinajstić information content (AvgIpc) is 3.19. The van der Waals surface area contributed by atoms with E-state index >= 15 is 0 Å². The van der Waals surface area contributed by atoms with E-state index in [1.807, 2.05) is 44.2 Å². The zero-order chi connectivity index (χ0) is 28.2. The maximum absolute atomic E-state index is 13.5. The van der Waals surface area contributed by atoms with Crippen LogP contribution in [0, 0.1) is 13.8 Å². The number of aryl methyl sites for hydroxylation is 1. The number of carbonyl (C=O) groups is 1. The molecule has 0 aliphatic heterocycles. The van der Waals surface area contributed by atoms with Gasteiger partial charge in [-0.25, -0.2) is 13.8 Å². The van der Waals surface area contributed by atoms with Crippen LogP contribution in [0.25, 0.3) is 5.69 Å². The van der Waals surface area contributed by atoms with Crippen LogP contribution in [0.15, 0.2) is 93.3 Å². The van der Waals surface area contributed by atoms with Crippen LogP contribution in [0.4, 0.5) is 5.69 Å². The van der Waals surface area contributed by atoms with Crippen molar-refractivity contribution in [1.29, 1.82) is 0 Å². The Hall–Kier alpha value is -3.60. The zero-order valence-corrected chi connectivity index (χ0v) is 24.6. The van der Waals surface area contributed by atoms with E-state index in [4.69, 9.17) is 16.3 Å². The van der Waals surface area contributed by atoms with E-state index < -0.39 is 22.5 Å². The third kappa shape index (κ3) is 6.52. The number of anilines is 1. The number of halogens is 2. The van der Waals surface area contributed by atoms with Gasteiger partial charge in [-0.05, 0) is 80.6 Å². The molecule has 0 fully saturated rings. The van der Waals surface area contributed by atoms with Crippen LogP contribution < -0.4 is 14.5 Å². The number of hydrogen-bond donors (Lipinski definition) is 1. The molecule has 4 aromatic rings. The summed E-state index contributed by atoms with van der Waals surface area (Å²) in [7, 11) is -2.62. The first-order valence-electron chi connectivity index (χ1n) is 11.8. The topological polar surface area (TPSA) is 93.0 Å². The molecular formula is C28H26BrClN4O4S. The van der Waals surface area contributed by atoms with E-state index in [-0.39, 0.29) is 10.6 Å². The number of hydrogen-bond acceptors (Lipinski definition) is 5. The summed E-state index contributed by atoms with van der Waals surface area (Å²) >= 11 is 9.63. The van der Waals surface area contributed by atoms with Gasteiger partial charge < -0.3 is 9.30 Å². The van der Waals surface area contributed by atoms with Gasteiger partial charge in [-0.1, -0.05) is 39.7 Å². The number of ether oxygens (including phenoxy) is 1. The lowest BCUT2D eigenvalue weighted by atomic mass is 10.2. The summed E-state index contributed by atoms with van der Waals surface area (Å²) in [6.07, 6.45) is 1.54. The molecule has 1 heterocycles. The largest absolute Gasteiger partial charge is 0.497 e. The van der Waals surface area contributed by atoms with E-state index in [9.17, 15) is 13.2 Å². The highest BCUT2D eigenvalue weighted by molar-refractivity contribution is 9.10. The lowest BCUT2D eigenvalue weighted by Gasteiger charge is -2.24. The molecule has 39 heavy (non-hydrogen) atoms. The second-order valence-corrected chi connectivity index (χ2v) is 11.8. The molecular weight excluding hydrogens is 604 g/mol. The van der Waals surface area contributed by atoms with Gasteiger partial charge in [0.1, 0.15) is 12.3 Å². The summed E-state index contributed by atoms with van der Waals surface area (Å²) in [6.45, 7) is 3.43. The molecule has 202 valence electrons. The van der Waals surface area contributed by atoms with Crippen LogP contribution in [-0.4, -0.2) is 38.8 Å². The van der Waals surface area contributed by atoms with Gasteiger partial charge in [0.25, 0.3) is 15.9 Å². The quantitative estimate of drug-likeness (QED) is 0.185. The van der Waals surface area contributed by atoms with E-state index in [1.165, 1.54) is 43.7 Å². The molecule has 1 N–H and O–H groups in total. The van der Waals surface area contributed by atoms with Gasteiger partial charge in [0.2, 0.25) is 0 Å². The number of sulfonamides is 1. The Kier molecular flexibility index (Phi) is 8.79. The Morgan fingerprint density at radius 1 is 1.08 bits per heavy atom. The molecule has 0 saturated carbocycles. The van der Waals surface area contributed by atoms with Crippen LogP contribution in [0.5, 0.6) is 5.75 Å². The molecule has 0 radical (unpaired) electrons. The molecule has 0 atom stereocenters. The van der Waals surface area contributed by atoms with Crippen molar-refractivity contribution in [3.63, 3.8) is 0 Å². The Bertz CT molecular complexity index is 1640. The van der Waals surface area contributed by atoms with E-state index in [1.54, 1.807) is 18.2 Å². The summed E-state index contributed by atoms with van der Waals surface area (Å²) in [5, 5.41) is 4.43. The fourth-order valence-corrected chi connectivity index (χ4v) is 6.08. The number of benzene rings is 3. The molecule has 0 aliphatic carbocycles. The molecule has 1 amide bonds. The molecule has 1 aromatic heterocycles. The maximum Gasteiger partial charge on any atom is 0.264 e. The predicted octanol–water partition coefficient (Wildman–Crippen LogP) is 5.86. The minimum Gasteiger partial charge on any atom is -0.497 e. The number of rotatable bonds is 9. The summed E-state index contributed by atoms with van der Waals surface area (Å²) in [5.74, 6) is -0.112. The van der Waals surface area contributed by atoms with Gasteiger partial charge in [-0.15, -0.1) is 0 Å². The fourth-order valence-electron chi connectivity index (χ4n) is 4.09. The van der Waals surface area contributed by atoms with Gasteiger partial charge >= 0.3 is 0 Å². The van der Waals surface area contributed by atoms with Crippen molar-refractivity contribution in [2.75, 3.05) is 18.0 Å². The number of hydrazone groups is 1. The van der Waals surface area contributed by atoms with Gasteiger partial charge in [0.05, 0.1) is 23.9 Å². The van der Waals surface area contributed by atoms with Gasteiger partial charge in [-0.2, -0.15) is 5.10 Å². The predicted molar refractivity (Wildman–Crippen MR) is 158 cm³/mol. The first-order chi connectivity index (χ1) is 18.6. The SMILES string of the molecule is COc1ccc(S(=O)(=O)N(CC(=O)N/N=C\c2cc(C)n(-c3cccc(Br)c3)c2C)c2cccc(Cl)c2)cc1. The van der Waals surface area contributed by atoms with Crippen molar-refractivity contribution in [3.8, 4) is 11.4 Å². The zero-order valence-electron chi connectivity index (χ0n) is 21.4. The van der Waals surface area contributed by atoms with Crippen LogP contribution in [0.2, 0.25) is 5.02 Å². The van der Waals surface area contributed by atoms with Crippen molar-refractivity contribution in [1.82, 2.24) is 9.99 Å². The summed E-state index contributed by atoms with van der Waals surface area (Å²) in [5.41, 5.74) is 6.43. The Balaban J connectivity index is 1.56. The van der Waals surface area contributed by atoms with Crippen LogP contribution >= 0.6 is 27.5 Å². The van der Waals surface area contributed by atoms with Crippen molar-refractivity contribution < 1.29 is 17.9 Å². The van der Waals surface area contributed by atoms with Crippen LogP contribution in [0.1, 0.15) is 17.0 Å². The van der Waals surface area contributed by atoms with Crippen molar-refractivity contribution in [2.24, 2.45) is 5.10 Å². The summed E-state index contributed by atoms with van der Waals surface area (Å²) in [4.78, 5) is 12.9. The molecule has 0 aliphatic rings. The summed E-state index contributed by atoms with van der Waals surface area (Å²) in [6, 6.07) is 22.1. The first kappa shape index (κ1) is 28.4. The molecule has 8 nitrogen and oxygen atoms in total. The Morgan fingerprint density at radius 3 is 2.46 bits per heavy atom. The molecule has 0 saturated heterocycles. The monoisotopic (exact) mass is 628 g/mol. The molecule has 11 heteroatoms. The Morgan fingerprint density at radius 2 is 1.79 bits per heavy atom. The standard InChI is InChI=1S/C28H26BrClN4O4S/c1-19-14-21(20(2)34(19)25-9-4-6-22(29)15-25)17-31-32-28(35)18-33(24-8-5-7-23(30)16-24)39(36,37)27-12-10-26(38-3)11-13-27/h4-17H,18H2,1-3H3,(H,32,35)/b31-17-. The third-order valence-electron chi connectivity index (χ3n) is 5.96. The van der Waals surface area contributed by atoms with E-state index in [2.05, 4.69) is 31.0 Å². The normalized spacial score (nSPS) is 11.5. The highest BCUT2D eigenvalue weighted by Crippen LogP contribution is 2.27. The molecule has 0 spiro atoms. The molecule has 0 bridgehead atoms. The third-order valence-corrected chi connectivity index (χ3v) is 8.48. The second-order valence-electron chi connectivity index (χ2n) is 8.60. The summed E-state index contributed by atoms with van der Waals surface area (Å²) < 4.78 is 36.2. The number of nitrogens with zero attached hydrogens (tertiary/aromatic N) is 3. The minimum atomic E-state index is -4.11. The lowest BCUT2D eigenvalue weighted by molar-refractivity contribution is -0.119. The fraction of sp³-hybridized carbons (Fsp3) is 0.143. The number of carbonyl (C=O) groups excluding carboxylic acids is 1. The van der Waals surface area contributed by atoms with Crippen molar-refractivity contribution in [2.45, 2.75) is 18.7 Å². The van der Waals surface area contributed by atoms with Crippen LogP contribution in [0.3, 0.4) is 0 Å².